The second kappa shape index (κ2) is 13.6. The molecule has 9 aromatic rings. The van der Waals surface area contributed by atoms with E-state index >= 15 is 0 Å². The predicted molar refractivity (Wildman–Crippen MR) is 232 cm³/mol. The number of rotatable bonds is 6. The maximum Gasteiger partial charge on any atom is 0.0494 e. The molecule has 0 bridgehead atoms. The van der Waals surface area contributed by atoms with Gasteiger partial charge in [-0.3, -0.25) is 15.0 Å². The van der Waals surface area contributed by atoms with Crippen molar-refractivity contribution in [3.63, 3.8) is 0 Å². The van der Waals surface area contributed by atoms with Gasteiger partial charge in [-0.15, -0.1) is 0 Å². The molecule has 0 saturated carbocycles. The molecule has 6 aromatic carbocycles. The van der Waals surface area contributed by atoms with Gasteiger partial charge >= 0.3 is 0 Å². The Balaban J connectivity index is 1.25. The topological polar surface area (TPSA) is 41.9 Å². The number of pyridine rings is 3. The van der Waals surface area contributed by atoms with Crippen molar-refractivity contribution >= 4 is 49.4 Å². The molecular weight excluding hydrogens is 669 g/mol. The van der Waals surface area contributed by atoms with Gasteiger partial charge in [-0.05, 0) is 144 Å². The molecule has 4 heteroatoms. The van der Waals surface area contributed by atoms with Crippen LogP contribution in [-0.4, -0.2) is 15.0 Å². The minimum absolute atomic E-state index is 1.14. The average Bonchev–Trinajstić information content (AvgIpc) is 3.21. The number of anilines is 3. The van der Waals surface area contributed by atoms with Crippen LogP contribution in [0, 0.1) is 41.5 Å². The summed E-state index contributed by atoms with van der Waals surface area (Å²) in [5.74, 6) is 0. The van der Waals surface area contributed by atoms with Gasteiger partial charge in [0, 0.05) is 87.1 Å². The fourth-order valence-electron chi connectivity index (χ4n) is 8.38. The molecule has 0 aliphatic heterocycles. The standard InChI is InChI=1S/C51H42N4/c1-31-22-49(34(4)19-43(31)46-28-52-25-37-13-7-10-16-40(37)46)55(50-23-32(2)44(20-35(50)5)47-29-53-26-38-14-8-11-17-41(38)47)51-24-33(3)45(21-36(51)6)48-30-54-27-39-15-9-12-18-42(39)48/h7-30H,1-6H3. The van der Waals surface area contributed by atoms with Crippen molar-refractivity contribution in [2.24, 2.45) is 0 Å². The van der Waals surface area contributed by atoms with Gasteiger partial charge in [0.05, 0.1) is 0 Å². The molecule has 0 spiro atoms. The summed E-state index contributed by atoms with van der Waals surface area (Å²) in [6.07, 6.45) is 11.9. The minimum atomic E-state index is 1.14. The van der Waals surface area contributed by atoms with E-state index in [0.717, 1.165) is 49.9 Å². The molecule has 0 aliphatic carbocycles. The zero-order valence-electron chi connectivity index (χ0n) is 32.1. The van der Waals surface area contributed by atoms with Gasteiger partial charge in [0.25, 0.3) is 0 Å². The zero-order valence-corrected chi connectivity index (χ0v) is 32.1. The molecule has 9 rings (SSSR count). The molecule has 3 heterocycles. The maximum absolute atomic E-state index is 4.64. The average molecular weight is 711 g/mol. The van der Waals surface area contributed by atoms with Gasteiger partial charge in [0.1, 0.15) is 0 Å². The van der Waals surface area contributed by atoms with E-state index in [0.29, 0.717) is 0 Å². The summed E-state index contributed by atoms with van der Waals surface area (Å²) in [7, 11) is 0. The highest BCUT2D eigenvalue weighted by molar-refractivity contribution is 6.00. The van der Waals surface area contributed by atoms with Gasteiger partial charge in [-0.2, -0.15) is 0 Å². The van der Waals surface area contributed by atoms with Crippen LogP contribution in [0.2, 0.25) is 0 Å². The summed E-state index contributed by atoms with van der Waals surface area (Å²) in [4.78, 5) is 16.4. The lowest BCUT2D eigenvalue weighted by atomic mass is 9.91. The third-order valence-corrected chi connectivity index (χ3v) is 11.2. The largest absolute Gasteiger partial charge is 0.310 e. The van der Waals surface area contributed by atoms with Crippen LogP contribution in [-0.2, 0) is 0 Å². The third-order valence-electron chi connectivity index (χ3n) is 11.2. The van der Waals surface area contributed by atoms with E-state index in [1.807, 2.05) is 37.2 Å². The van der Waals surface area contributed by atoms with Crippen LogP contribution in [0.15, 0.2) is 146 Å². The summed E-state index contributed by atoms with van der Waals surface area (Å²) < 4.78 is 0. The number of aromatic nitrogens is 3. The fourth-order valence-corrected chi connectivity index (χ4v) is 8.38. The molecule has 0 aliphatic rings. The first-order chi connectivity index (χ1) is 26.8. The summed E-state index contributed by atoms with van der Waals surface area (Å²) in [6.45, 7) is 13.4. The van der Waals surface area contributed by atoms with E-state index in [2.05, 4.69) is 171 Å². The lowest BCUT2D eigenvalue weighted by molar-refractivity contribution is 1.18. The van der Waals surface area contributed by atoms with Crippen molar-refractivity contribution in [3.8, 4) is 33.4 Å². The highest BCUT2D eigenvalue weighted by Crippen LogP contribution is 2.46. The Hall–Kier alpha value is -6.65. The predicted octanol–water partition coefficient (Wildman–Crippen LogP) is 13.7. The van der Waals surface area contributed by atoms with Gasteiger partial charge < -0.3 is 4.90 Å². The SMILES string of the molecule is Cc1cc(N(c2cc(C)c(-c3cncc4ccccc34)cc2C)c2cc(C)c(-c3cncc4ccccc34)cc2C)c(C)cc1-c1cncc2ccccc12. The summed E-state index contributed by atoms with van der Waals surface area (Å²) in [6, 6.07) is 39.7. The number of aryl methyl sites for hydroxylation is 6. The number of hydrogen-bond acceptors (Lipinski definition) is 4. The lowest BCUT2D eigenvalue weighted by Gasteiger charge is -2.32. The van der Waals surface area contributed by atoms with E-state index < -0.39 is 0 Å². The van der Waals surface area contributed by atoms with E-state index in [1.54, 1.807) is 0 Å². The van der Waals surface area contributed by atoms with Gasteiger partial charge in [-0.1, -0.05) is 72.8 Å². The van der Waals surface area contributed by atoms with E-state index in [9.17, 15) is 0 Å². The van der Waals surface area contributed by atoms with Crippen molar-refractivity contribution in [2.75, 3.05) is 4.90 Å². The highest BCUT2D eigenvalue weighted by Gasteiger charge is 2.23. The number of benzene rings is 6. The summed E-state index contributed by atoms with van der Waals surface area (Å²) in [5.41, 5.74) is 17.7. The minimum Gasteiger partial charge on any atom is -0.310 e. The second-order valence-electron chi connectivity index (χ2n) is 14.9. The third kappa shape index (κ3) is 5.91. The molecule has 0 saturated heterocycles. The van der Waals surface area contributed by atoms with Crippen LogP contribution in [0.1, 0.15) is 33.4 Å². The van der Waals surface area contributed by atoms with Crippen molar-refractivity contribution in [3.05, 3.63) is 180 Å². The Morgan fingerprint density at radius 1 is 0.309 bits per heavy atom. The van der Waals surface area contributed by atoms with Crippen LogP contribution >= 0.6 is 0 Å². The van der Waals surface area contributed by atoms with Crippen molar-refractivity contribution < 1.29 is 0 Å². The molecule has 0 radical (unpaired) electrons. The first-order valence-electron chi connectivity index (χ1n) is 18.9. The van der Waals surface area contributed by atoms with Crippen molar-refractivity contribution in [2.45, 2.75) is 41.5 Å². The zero-order chi connectivity index (χ0) is 37.8. The lowest BCUT2D eigenvalue weighted by Crippen LogP contribution is -2.15. The quantitative estimate of drug-likeness (QED) is 0.172. The Bertz CT molecular complexity index is 2620. The van der Waals surface area contributed by atoms with Crippen LogP contribution in [0.25, 0.3) is 65.7 Å². The molecule has 0 unspecified atom stereocenters. The molecule has 3 aromatic heterocycles. The molecule has 0 fully saturated rings. The van der Waals surface area contributed by atoms with Gasteiger partial charge in [0.15, 0.2) is 0 Å². The molecule has 0 amide bonds. The molecule has 4 nitrogen and oxygen atoms in total. The maximum atomic E-state index is 4.64. The molecule has 266 valence electrons. The number of nitrogens with zero attached hydrogens (tertiary/aromatic N) is 4. The molecule has 0 atom stereocenters. The number of fused-ring (bicyclic) bond motifs is 3. The Morgan fingerprint density at radius 3 is 0.909 bits per heavy atom. The molecule has 55 heavy (non-hydrogen) atoms. The number of hydrogen-bond donors (Lipinski definition) is 0. The van der Waals surface area contributed by atoms with E-state index in [-0.39, 0.29) is 0 Å². The Labute approximate surface area is 322 Å². The Morgan fingerprint density at radius 2 is 0.600 bits per heavy atom. The molecule has 0 N–H and O–H groups in total. The van der Waals surface area contributed by atoms with Crippen molar-refractivity contribution in [1.82, 2.24) is 15.0 Å². The van der Waals surface area contributed by atoms with Gasteiger partial charge in [0.2, 0.25) is 0 Å². The van der Waals surface area contributed by atoms with Crippen LogP contribution in [0.3, 0.4) is 0 Å². The first kappa shape index (κ1) is 34.1. The van der Waals surface area contributed by atoms with E-state index in [1.165, 1.54) is 66.2 Å². The monoisotopic (exact) mass is 710 g/mol. The first-order valence-corrected chi connectivity index (χ1v) is 18.9. The highest BCUT2D eigenvalue weighted by atomic mass is 15.1. The molecular formula is C51H42N4. The summed E-state index contributed by atoms with van der Waals surface area (Å²) >= 11 is 0. The van der Waals surface area contributed by atoms with Crippen molar-refractivity contribution in [1.29, 1.82) is 0 Å². The summed E-state index contributed by atoms with van der Waals surface area (Å²) in [5, 5.41) is 7.05. The smallest absolute Gasteiger partial charge is 0.0494 e. The fraction of sp³-hybridized carbons (Fsp3) is 0.118. The normalized spacial score (nSPS) is 11.5. The Kier molecular flexibility index (Phi) is 8.47. The van der Waals surface area contributed by atoms with Gasteiger partial charge in [-0.25, -0.2) is 0 Å². The van der Waals surface area contributed by atoms with Crippen LogP contribution in [0.5, 0.6) is 0 Å². The van der Waals surface area contributed by atoms with E-state index in [4.69, 9.17) is 0 Å². The van der Waals surface area contributed by atoms with Crippen LogP contribution < -0.4 is 4.90 Å². The van der Waals surface area contributed by atoms with Crippen LogP contribution in [0.4, 0.5) is 17.1 Å². The second-order valence-corrected chi connectivity index (χ2v) is 14.9.